The molecule has 2 rings (SSSR count). The van der Waals surface area contributed by atoms with Crippen molar-refractivity contribution in [2.24, 2.45) is 0 Å². The summed E-state index contributed by atoms with van der Waals surface area (Å²) in [6, 6.07) is 7.69. The minimum Gasteiger partial charge on any atom is -0.369 e. The van der Waals surface area contributed by atoms with E-state index in [4.69, 9.17) is 0 Å². The van der Waals surface area contributed by atoms with Gasteiger partial charge < -0.3 is 15.5 Å². The van der Waals surface area contributed by atoms with Crippen molar-refractivity contribution in [3.63, 3.8) is 0 Å². The lowest BCUT2D eigenvalue weighted by Gasteiger charge is -2.11. The first-order valence-corrected chi connectivity index (χ1v) is 6.59. The van der Waals surface area contributed by atoms with Crippen molar-refractivity contribution in [2.45, 2.75) is 6.54 Å². The predicted octanol–water partition coefficient (Wildman–Crippen LogP) is 1.46. The van der Waals surface area contributed by atoms with Crippen molar-refractivity contribution in [1.82, 2.24) is 19.9 Å². The fraction of sp³-hybridized carbons (Fsp3) is 0.357. The third-order valence-corrected chi connectivity index (χ3v) is 2.67. The molecule has 2 aromatic rings. The topological polar surface area (TPSA) is 66.0 Å². The van der Waals surface area contributed by atoms with E-state index in [2.05, 4.69) is 30.5 Å². The van der Waals surface area contributed by atoms with Crippen molar-refractivity contribution in [2.75, 3.05) is 37.8 Å². The van der Waals surface area contributed by atoms with Crippen LogP contribution in [-0.4, -0.2) is 47.0 Å². The van der Waals surface area contributed by atoms with Gasteiger partial charge in [0.05, 0.1) is 12.2 Å². The summed E-state index contributed by atoms with van der Waals surface area (Å²) in [5.41, 5.74) is 0.960. The molecule has 0 saturated carbocycles. The molecule has 0 aliphatic heterocycles. The van der Waals surface area contributed by atoms with Crippen LogP contribution in [0.4, 0.5) is 11.8 Å². The number of anilines is 2. The van der Waals surface area contributed by atoms with E-state index in [1.807, 2.05) is 38.4 Å². The van der Waals surface area contributed by atoms with Gasteiger partial charge in [-0.2, -0.15) is 4.98 Å². The summed E-state index contributed by atoms with van der Waals surface area (Å²) >= 11 is 0. The number of pyridine rings is 1. The molecule has 0 atom stereocenters. The SMILES string of the molecule is CN(C)CCNc1ccnc(NCc2ccccn2)n1. The average molecular weight is 272 g/mol. The van der Waals surface area contributed by atoms with Crippen molar-refractivity contribution in [1.29, 1.82) is 0 Å². The Balaban J connectivity index is 1.86. The summed E-state index contributed by atoms with van der Waals surface area (Å²) in [5.74, 6) is 1.43. The van der Waals surface area contributed by atoms with Gasteiger partial charge in [0.2, 0.25) is 5.95 Å². The highest BCUT2D eigenvalue weighted by molar-refractivity contribution is 5.39. The maximum atomic E-state index is 4.41. The molecular weight excluding hydrogens is 252 g/mol. The van der Waals surface area contributed by atoms with E-state index in [0.717, 1.165) is 24.6 Å². The molecule has 20 heavy (non-hydrogen) atoms. The molecule has 0 amide bonds. The van der Waals surface area contributed by atoms with Crippen LogP contribution in [0, 0.1) is 0 Å². The van der Waals surface area contributed by atoms with E-state index < -0.39 is 0 Å². The Hall–Kier alpha value is -2.21. The molecule has 0 aromatic carbocycles. The number of aromatic nitrogens is 3. The molecule has 0 aliphatic rings. The number of nitrogens with zero attached hydrogens (tertiary/aromatic N) is 4. The van der Waals surface area contributed by atoms with Crippen molar-refractivity contribution in [3.8, 4) is 0 Å². The Labute approximate surface area is 119 Å². The number of hydrogen-bond acceptors (Lipinski definition) is 6. The van der Waals surface area contributed by atoms with Crippen LogP contribution >= 0.6 is 0 Å². The molecule has 2 heterocycles. The van der Waals surface area contributed by atoms with E-state index in [1.165, 1.54) is 0 Å². The maximum absolute atomic E-state index is 4.41. The average Bonchev–Trinajstić information content (AvgIpc) is 2.46. The lowest BCUT2D eigenvalue weighted by Crippen LogP contribution is -2.21. The van der Waals surface area contributed by atoms with Crippen LogP contribution < -0.4 is 10.6 Å². The van der Waals surface area contributed by atoms with Gasteiger partial charge in [0.15, 0.2) is 0 Å². The van der Waals surface area contributed by atoms with E-state index in [-0.39, 0.29) is 0 Å². The zero-order chi connectivity index (χ0) is 14.2. The highest BCUT2D eigenvalue weighted by Gasteiger charge is 2.00. The molecule has 0 radical (unpaired) electrons. The molecule has 0 aliphatic carbocycles. The Morgan fingerprint density at radius 2 is 1.95 bits per heavy atom. The largest absolute Gasteiger partial charge is 0.369 e. The number of rotatable bonds is 7. The Morgan fingerprint density at radius 3 is 2.70 bits per heavy atom. The van der Waals surface area contributed by atoms with Crippen molar-refractivity contribution in [3.05, 3.63) is 42.4 Å². The summed E-state index contributed by atoms with van der Waals surface area (Å²) in [7, 11) is 4.09. The Morgan fingerprint density at radius 1 is 1.05 bits per heavy atom. The minimum absolute atomic E-state index is 0.602. The van der Waals surface area contributed by atoms with Gasteiger partial charge in [-0.1, -0.05) is 6.07 Å². The van der Waals surface area contributed by atoms with Gasteiger partial charge in [-0.25, -0.2) is 4.98 Å². The fourth-order valence-corrected chi connectivity index (χ4v) is 1.62. The van der Waals surface area contributed by atoms with Gasteiger partial charge >= 0.3 is 0 Å². The van der Waals surface area contributed by atoms with Crippen LogP contribution in [0.15, 0.2) is 36.7 Å². The third-order valence-electron chi connectivity index (χ3n) is 2.67. The van der Waals surface area contributed by atoms with Crippen LogP contribution in [0.25, 0.3) is 0 Å². The maximum Gasteiger partial charge on any atom is 0.224 e. The van der Waals surface area contributed by atoms with Gasteiger partial charge in [-0.05, 0) is 32.3 Å². The van der Waals surface area contributed by atoms with Crippen LogP contribution in [0.3, 0.4) is 0 Å². The van der Waals surface area contributed by atoms with Gasteiger partial charge in [0.1, 0.15) is 5.82 Å². The highest BCUT2D eigenvalue weighted by Crippen LogP contribution is 2.06. The molecule has 0 saturated heterocycles. The Kier molecular flexibility index (Phi) is 5.25. The number of hydrogen-bond donors (Lipinski definition) is 2. The molecule has 0 unspecified atom stereocenters. The van der Waals surface area contributed by atoms with Crippen LogP contribution in [0.5, 0.6) is 0 Å². The molecule has 6 heteroatoms. The summed E-state index contributed by atoms with van der Waals surface area (Å²) in [6.07, 6.45) is 3.52. The molecular formula is C14H20N6. The summed E-state index contributed by atoms with van der Waals surface area (Å²) in [6.45, 7) is 2.42. The smallest absolute Gasteiger partial charge is 0.224 e. The molecule has 2 aromatic heterocycles. The Bertz CT molecular complexity index is 514. The molecule has 0 bridgehead atoms. The molecule has 0 spiro atoms. The van der Waals surface area contributed by atoms with Crippen molar-refractivity contribution >= 4 is 11.8 Å². The first-order valence-electron chi connectivity index (χ1n) is 6.59. The lowest BCUT2D eigenvalue weighted by atomic mass is 10.3. The lowest BCUT2D eigenvalue weighted by molar-refractivity contribution is 0.425. The van der Waals surface area contributed by atoms with Crippen molar-refractivity contribution < 1.29 is 0 Å². The predicted molar refractivity (Wildman–Crippen MR) is 80.6 cm³/mol. The second kappa shape index (κ2) is 7.40. The van der Waals surface area contributed by atoms with E-state index in [0.29, 0.717) is 12.5 Å². The fourth-order valence-electron chi connectivity index (χ4n) is 1.62. The second-order valence-corrected chi connectivity index (χ2v) is 4.67. The number of nitrogens with one attached hydrogen (secondary N) is 2. The summed E-state index contributed by atoms with van der Waals surface area (Å²) in [5, 5.41) is 6.43. The van der Waals surface area contributed by atoms with E-state index in [9.17, 15) is 0 Å². The van der Waals surface area contributed by atoms with Crippen LogP contribution in [-0.2, 0) is 6.54 Å². The first-order chi connectivity index (χ1) is 9.74. The van der Waals surface area contributed by atoms with E-state index in [1.54, 1.807) is 12.4 Å². The quantitative estimate of drug-likeness (QED) is 0.795. The van der Waals surface area contributed by atoms with Gasteiger partial charge in [0.25, 0.3) is 0 Å². The van der Waals surface area contributed by atoms with E-state index >= 15 is 0 Å². The minimum atomic E-state index is 0.602. The molecule has 0 fully saturated rings. The molecule has 6 nitrogen and oxygen atoms in total. The standard InChI is InChI=1S/C14H20N6/c1-20(2)10-9-16-13-6-8-17-14(19-13)18-11-12-5-3-4-7-15-12/h3-8H,9-11H2,1-2H3,(H2,16,17,18,19). The highest BCUT2D eigenvalue weighted by atomic mass is 15.2. The van der Waals surface area contributed by atoms with Gasteiger partial charge in [0, 0.05) is 25.5 Å². The summed E-state index contributed by atoms with van der Waals surface area (Å²) < 4.78 is 0. The van der Waals surface area contributed by atoms with Crippen LogP contribution in [0.1, 0.15) is 5.69 Å². The van der Waals surface area contributed by atoms with Crippen LogP contribution in [0.2, 0.25) is 0 Å². The molecule has 106 valence electrons. The zero-order valence-electron chi connectivity index (χ0n) is 11.9. The monoisotopic (exact) mass is 272 g/mol. The normalized spacial score (nSPS) is 10.6. The summed E-state index contributed by atoms with van der Waals surface area (Å²) in [4.78, 5) is 15.0. The number of likely N-dealkylation sites (N-methyl/N-ethyl adjacent to an activating group) is 1. The second-order valence-electron chi connectivity index (χ2n) is 4.67. The third kappa shape index (κ3) is 4.81. The van der Waals surface area contributed by atoms with Gasteiger partial charge in [-0.15, -0.1) is 0 Å². The zero-order valence-corrected chi connectivity index (χ0v) is 11.9. The van der Waals surface area contributed by atoms with Gasteiger partial charge in [-0.3, -0.25) is 4.98 Å². The first kappa shape index (κ1) is 14.2. The molecule has 2 N–H and O–H groups in total.